The van der Waals surface area contributed by atoms with Crippen LogP contribution in [0, 0.1) is 12.0 Å². The van der Waals surface area contributed by atoms with Gasteiger partial charge in [-0.2, -0.15) is 11.1 Å². The zero-order valence-electron chi connectivity index (χ0n) is 19.3. The van der Waals surface area contributed by atoms with Gasteiger partial charge in [0.1, 0.15) is 0 Å². The van der Waals surface area contributed by atoms with Gasteiger partial charge in [0.25, 0.3) is 0 Å². The second-order valence-corrected chi connectivity index (χ2v) is 8.99. The van der Waals surface area contributed by atoms with Crippen molar-refractivity contribution in [1.82, 2.24) is 0 Å². The smallest absolute Gasteiger partial charge is 0.0213 e. The van der Waals surface area contributed by atoms with Crippen LogP contribution < -0.4 is 0 Å². The Labute approximate surface area is 211 Å². The maximum absolute atomic E-state index is 7.80. The Morgan fingerprint density at radius 1 is 0.786 bits per heavy atom. The van der Waals surface area contributed by atoms with Gasteiger partial charge >= 0.3 is 0 Å². The second-order valence-electron chi connectivity index (χ2n) is 7.83. The molecule has 1 fully saturated rings. The summed E-state index contributed by atoms with van der Waals surface area (Å²) in [7, 11) is 0.750. The van der Waals surface area contributed by atoms with Crippen LogP contribution in [0.4, 0.5) is 0 Å². The molecule has 2 rings (SSSR count). The molecule has 2 aliphatic rings. The topological polar surface area (TPSA) is 23.8 Å². The summed E-state index contributed by atoms with van der Waals surface area (Å²) in [4.78, 5) is 0. The summed E-state index contributed by atoms with van der Waals surface area (Å²) in [6.07, 6.45) is 18.1. The van der Waals surface area contributed by atoms with Crippen LogP contribution >= 0.6 is 24.8 Å². The van der Waals surface area contributed by atoms with E-state index in [-0.39, 0.29) is 56.7 Å². The van der Waals surface area contributed by atoms with E-state index in [1.807, 2.05) is 0 Å². The minimum atomic E-state index is 0. The van der Waals surface area contributed by atoms with Crippen LogP contribution in [0.15, 0.2) is 16.7 Å². The van der Waals surface area contributed by atoms with Crippen molar-refractivity contribution in [2.75, 3.05) is 0 Å². The predicted molar refractivity (Wildman–Crippen MR) is 132 cm³/mol. The Kier molecular flexibility index (Phi) is 31.8. The van der Waals surface area contributed by atoms with E-state index in [1.54, 1.807) is 0 Å². The average Bonchev–Trinajstić information content (AvgIpc) is 2.78. The van der Waals surface area contributed by atoms with Crippen molar-refractivity contribution in [3.05, 3.63) is 28.5 Å². The molecule has 5 heteroatoms. The minimum Gasteiger partial charge on any atom is -0.675 e. The molecule has 0 aliphatic heterocycles. The molecule has 0 aromatic heterocycles. The Morgan fingerprint density at radius 2 is 1.11 bits per heavy atom. The molecule has 0 spiro atoms. The fourth-order valence-corrected chi connectivity index (χ4v) is 3.33. The van der Waals surface area contributed by atoms with Crippen LogP contribution in [0.3, 0.4) is 0 Å². The molecule has 0 bridgehead atoms. The van der Waals surface area contributed by atoms with E-state index in [1.165, 1.54) is 74.5 Å². The zero-order valence-corrected chi connectivity index (χ0v) is 25.7. The van der Waals surface area contributed by atoms with E-state index in [2.05, 4.69) is 46.9 Å². The molecule has 1 unspecified atom stereocenters. The van der Waals surface area contributed by atoms with Crippen LogP contribution in [0.1, 0.15) is 98.3 Å². The van der Waals surface area contributed by atoms with Gasteiger partial charge in [-0.05, 0) is 0 Å². The first-order valence-corrected chi connectivity index (χ1v) is 13.0. The van der Waals surface area contributed by atoms with Gasteiger partial charge in [-0.3, -0.25) is 6.08 Å². The van der Waals surface area contributed by atoms with Gasteiger partial charge in [0.05, 0.1) is 0 Å². The SMILES string of the molecule is CC1=[C-]C(C)C(C)=C1C.C[SiH]C.Cl.Cl.[Hf].[NH-]C1CCCCCCCCCCC1. The van der Waals surface area contributed by atoms with E-state index in [0.717, 1.165) is 22.4 Å². The normalized spacial score (nSPS) is 20.8. The molecule has 0 aromatic rings. The Balaban J connectivity index is -0.000000170. The van der Waals surface area contributed by atoms with E-state index in [9.17, 15) is 0 Å². The molecular formula is C23H46Cl2HfNSi-2. The molecule has 1 nitrogen and oxygen atoms in total. The van der Waals surface area contributed by atoms with Crippen molar-refractivity contribution < 1.29 is 25.8 Å². The molecule has 2 aliphatic carbocycles. The third kappa shape index (κ3) is 19.1. The summed E-state index contributed by atoms with van der Waals surface area (Å²) in [6.45, 7) is 13.1. The molecular weight excluding hydrogens is 568 g/mol. The minimum absolute atomic E-state index is 0. The standard InChI is InChI=1S/C12H24N.C9H13.C2H7Si.2ClH.Hf/c13-12-10-8-6-4-2-1-3-5-7-9-11-12;1-6-5-7(2)9(4)8(6)3;1-3-2;;;/h12-13H,1-11H2;6H,1-4H3;3H,1-2H3;2*1H;/q2*-1;;;;. The van der Waals surface area contributed by atoms with Crippen molar-refractivity contribution in [1.29, 1.82) is 0 Å². The first-order chi connectivity index (χ1) is 11.9. The van der Waals surface area contributed by atoms with Crippen LogP contribution in [0.5, 0.6) is 0 Å². The first-order valence-electron chi connectivity index (χ1n) is 10.7. The van der Waals surface area contributed by atoms with Gasteiger partial charge < -0.3 is 5.73 Å². The maximum atomic E-state index is 7.80. The van der Waals surface area contributed by atoms with Crippen LogP contribution in [0.2, 0.25) is 13.1 Å². The van der Waals surface area contributed by atoms with Crippen LogP contribution in [-0.2, 0) is 25.8 Å². The van der Waals surface area contributed by atoms with Crippen LogP contribution in [-0.4, -0.2) is 15.6 Å². The number of hydrogen-bond donors (Lipinski definition) is 0. The van der Waals surface area contributed by atoms with E-state index < -0.39 is 0 Å². The Morgan fingerprint density at radius 3 is 1.32 bits per heavy atom. The summed E-state index contributed by atoms with van der Waals surface area (Å²) in [5.41, 5.74) is 12.0. The average molecular weight is 614 g/mol. The molecule has 0 saturated heterocycles. The van der Waals surface area contributed by atoms with Gasteiger partial charge in [0.2, 0.25) is 0 Å². The fourth-order valence-electron chi connectivity index (χ4n) is 3.33. The molecule has 1 radical (unpaired) electrons. The molecule has 167 valence electrons. The van der Waals surface area contributed by atoms with Gasteiger partial charge in [0.15, 0.2) is 0 Å². The molecule has 1 saturated carbocycles. The summed E-state index contributed by atoms with van der Waals surface area (Å²) >= 11 is 0. The molecule has 0 heterocycles. The molecule has 28 heavy (non-hydrogen) atoms. The number of nitrogens with one attached hydrogen (secondary N) is 1. The molecule has 1 N–H and O–H groups in total. The Bertz CT molecular complexity index is 388. The number of rotatable bonds is 0. The predicted octanol–water partition coefficient (Wildman–Crippen LogP) is 8.79. The monoisotopic (exact) mass is 614 g/mol. The third-order valence-electron chi connectivity index (χ3n) is 5.34. The summed E-state index contributed by atoms with van der Waals surface area (Å²) in [6, 6.07) is 0.249. The zero-order chi connectivity index (χ0) is 19.1. The van der Waals surface area contributed by atoms with Crippen molar-refractivity contribution in [3.63, 3.8) is 0 Å². The Hall–Kier alpha value is 1.11. The van der Waals surface area contributed by atoms with Gasteiger partial charge in [-0.15, -0.1) is 37.8 Å². The van der Waals surface area contributed by atoms with E-state index >= 15 is 0 Å². The molecule has 0 aromatic carbocycles. The van der Waals surface area contributed by atoms with Crippen molar-refractivity contribution in [3.8, 4) is 0 Å². The second kappa shape index (κ2) is 24.4. The molecule has 1 atom stereocenters. The van der Waals surface area contributed by atoms with Gasteiger partial charge in [-0.1, -0.05) is 110 Å². The largest absolute Gasteiger partial charge is 0.675 e. The van der Waals surface area contributed by atoms with Crippen molar-refractivity contribution in [2.45, 2.75) is 117 Å². The quantitative estimate of drug-likeness (QED) is 0.193. The van der Waals surface area contributed by atoms with E-state index in [0.29, 0.717) is 5.92 Å². The summed E-state index contributed by atoms with van der Waals surface area (Å²) in [5.74, 6) is 0.560. The summed E-state index contributed by atoms with van der Waals surface area (Å²) < 4.78 is 0. The number of hydrogen-bond acceptors (Lipinski definition) is 0. The van der Waals surface area contributed by atoms with Crippen LogP contribution in [0.25, 0.3) is 5.73 Å². The maximum Gasteiger partial charge on any atom is 0.0213 e. The fraction of sp³-hybridized carbons (Fsp3) is 0.826. The van der Waals surface area contributed by atoms with Crippen molar-refractivity contribution in [2.24, 2.45) is 5.92 Å². The third-order valence-corrected chi connectivity index (χ3v) is 5.34. The molecule has 0 amide bonds. The number of allylic oxidation sites excluding steroid dienone is 4. The van der Waals surface area contributed by atoms with Gasteiger partial charge in [-0.25, -0.2) is 5.57 Å². The first kappa shape index (κ1) is 36.5. The van der Waals surface area contributed by atoms with E-state index in [4.69, 9.17) is 5.73 Å². The van der Waals surface area contributed by atoms with Gasteiger partial charge in [0, 0.05) is 35.4 Å². The van der Waals surface area contributed by atoms with Crippen molar-refractivity contribution >= 4 is 34.3 Å². The number of halogens is 2. The summed E-state index contributed by atoms with van der Waals surface area (Å²) in [5, 5.41) is 0.